The van der Waals surface area contributed by atoms with Gasteiger partial charge in [0, 0.05) is 43.5 Å². The van der Waals surface area contributed by atoms with Crippen LogP contribution in [0.15, 0.2) is 0 Å². The molecule has 0 bridgehead atoms. The van der Waals surface area contributed by atoms with Gasteiger partial charge in [-0.3, -0.25) is 4.90 Å². The van der Waals surface area contributed by atoms with E-state index in [2.05, 4.69) is 21.7 Å². The molecule has 5 nitrogen and oxygen atoms in total. The Balaban J connectivity index is 1.75. The average molecular weight is 304 g/mol. The maximum atomic E-state index is 9.48. The minimum absolute atomic E-state index is 0.262. The molecule has 1 fully saturated rings. The predicted octanol–water partition coefficient (Wildman–Crippen LogP) is 1.56. The van der Waals surface area contributed by atoms with Crippen molar-refractivity contribution in [2.45, 2.75) is 52.0 Å². The maximum absolute atomic E-state index is 9.48. The molecule has 1 N–H and O–H groups in total. The Kier molecular flexibility index (Phi) is 4.93. The number of piperazine rings is 1. The van der Waals surface area contributed by atoms with Crippen LogP contribution >= 0.6 is 0 Å². The van der Waals surface area contributed by atoms with Gasteiger partial charge in [-0.05, 0) is 39.0 Å². The second-order valence-corrected chi connectivity index (χ2v) is 6.49. The number of aliphatic hydroxyl groups is 1. The van der Waals surface area contributed by atoms with E-state index in [9.17, 15) is 5.11 Å². The molecular weight excluding hydrogens is 276 g/mol. The van der Waals surface area contributed by atoms with E-state index in [4.69, 9.17) is 4.98 Å². The van der Waals surface area contributed by atoms with E-state index in [1.165, 1.54) is 29.9 Å². The topological polar surface area (TPSA) is 52.5 Å². The smallest absolute Gasteiger partial charge is 0.135 e. The van der Waals surface area contributed by atoms with Crippen molar-refractivity contribution in [2.75, 3.05) is 37.7 Å². The highest BCUT2D eigenvalue weighted by atomic mass is 16.3. The number of nitrogens with zero attached hydrogens (tertiary/aromatic N) is 4. The molecule has 1 unspecified atom stereocenters. The molecule has 1 atom stereocenters. The van der Waals surface area contributed by atoms with Crippen molar-refractivity contribution in [3.05, 3.63) is 17.1 Å². The van der Waals surface area contributed by atoms with Crippen molar-refractivity contribution in [3.8, 4) is 0 Å². The van der Waals surface area contributed by atoms with E-state index < -0.39 is 0 Å². The van der Waals surface area contributed by atoms with E-state index in [0.717, 1.165) is 51.3 Å². The van der Waals surface area contributed by atoms with Gasteiger partial charge in [-0.15, -0.1) is 0 Å². The highest BCUT2D eigenvalue weighted by Gasteiger charge is 2.26. The van der Waals surface area contributed by atoms with Crippen molar-refractivity contribution < 1.29 is 5.11 Å². The molecule has 1 aromatic heterocycles. The largest absolute Gasteiger partial charge is 0.395 e. The Morgan fingerprint density at radius 3 is 2.50 bits per heavy atom. The molecule has 1 aliphatic heterocycles. The molecule has 1 aliphatic carbocycles. The van der Waals surface area contributed by atoms with E-state index in [0.29, 0.717) is 6.04 Å². The molecule has 0 amide bonds. The van der Waals surface area contributed by atoms with Crippen LogP contribution in [0.4, 0.5) is 5.82 Å². The maximum Gasteiger partial charge on any atom is 0.135 e. The van der Waals surface area contributed by atoms with Gasteiger partial charge < -0.3 is 10.0 Å². The fourth-order valence-electron chi connectivity index (χ4n) is 3.76. The number of hydrogen-bond acceptors (Lipinski definition) is 5. The van der Waals surface area contributed by atoms with Crippen LogP contribution in [0.5, 0.6) is 0 Å². The normalized spacial score (nSPS) is 20.8. The number of aromatic nitrogens is 2. The molecule has 2 heterocycles. The summed E-state index contributed by atoms with van der Waals surface area (Å²) in [5.41, 5.74) is 2.66. The van der Waals surface area contributed by atoms with E-state index >= 15 is 0 Å². The van der Waals surface area contributed by atoms with Crippen LogP contribution in [0.1, 0.15) is 43.3 Å². The zero-order valence-electron chi connectivity index (χ0n) is 13.9. The Hall–Kier alpha value is -1.20. The molecule has 1 saturated heterocycles. The monoisotopic (exact) mass is 304 g/mol. The van der Waals surface area contributed by atoms with Crippen LogP contribution in [0.2, 0.25) is 0 Å². The summed E-state index contributed by atoms with van der Waals surface area (Å²) in [5.74, 6) is 2.08. The lowest BCUT2D eigenvalue weighted by atomic mass is 9.96. The van der Waals surface area contributed by atoms with Crippen LogP contribution in [-0.4, -0.2) is 58.8 Å². The Morgan fingerprint density at radius 2 is 1.82 bits per heavy atom. The van der Waals surface area contributed by atoms with E-state index in [-0.39, 0.29) is 6.61 Å². The molecule has 22 heavy (non-hydrogen) atoms. The van der Waals surface area contributed by atoms with Crippen LogP contribution in [-0.2, 0) is 12.8 Å². The van der Waals surface area contributed by atoms with Gasteiger partial charge in [0.25, 0.3) is 0 Å². The molecule has 5 heteroatoms. The number of hydrogen-bond donors (Lipinski definition) is 1. The van der Waals surface area contributed by atoms with Crippen molar-refractivity contribution >= 4 is 5.82 Å². The van der Waals surface area contributed by atoms with Crippen LogP contribution in [0.25, 0.3) is 0 Å². The molecule has 2 aliphatic rings. The molecule has 122 valence electrons. The summed E-state index contributed by atoms with van der Waals surface area (Å²) in [6.45, 7) is 8.44. The summed E-state index contributed by atoms with van der Waals surface area (Å²) in [5, 5.41) is 9.48. The van der Waals surface area contributed by atoms with Gasteiger partial charge in [-0.1, -0.05) is 6.92 Å². The van der Waals surface area contributed by atoms with Crippen LogP contribution < -0.4 is 4.90 Å². The summed E-state index contributed by atoms with van der Waals surface area (Å²) in [7, 11) is 0. The molecule has 0 aromatic carbocycles. The predicted molar refractivity (Wildman–Crippen MR) is 88.4 cm³/mol. The Labute approximate surface area is 133 Å². The Morgan fingerprint density at radius 1 is 1.09 bits per heavy atom. The molecule has 0 radical (unpaired) electrons. The SMILES string of the molecule is CCC(CO)N1CCN(c2nc(C)nc3c2CCCC3)CC1. The first-order chi connectivity index (χ1) is 10.7. The fourth-order valence-corrected chi connectivity index (χ4v) is 3.76. The average Bonchev–Trinajstić information content (AvgIpc) is 2.56. The summed E-state index contributed by atoms with van der Waals surface area (Å²) < 4.78 is 0. The third kappa shape index (κ3) is 3.10. The highest BCUT2D eigenvalue weighted by Crippen LogP contribution is 2.28. The van der Waals surface area contributed by atoms with Crippen molar-refractivity contribution in [2.24, 2.45) is 0 Å². The zero-order valence-corrected chi connectivity index (χ0v) is 13.9. The first-order valence-electron chi connectivity index (χ1n) is 8.69. The van der Waals surface area contributed by atoms with E-state index in [1.807, 2.05) is 6.92 Å². The number of aliphatic hydroxyl groups excluding tert-OH is 1. The summed E-state index contributed by atoms with van der Waals surface area (Å²) >= 11 is 0. The lowest BCUT2D eigenvalue weighted by Gasteiger charge is -2.40. The van der Waals surface area contributed by atoms with Gasteiger partial charge in [-0.2, -0.15) is 0 Å². The first-order valence-corrected chi connectivity index (χ1v) is 8.69. The number of rotatable bonds is 4. The van der Waals surface area contributed by atoms with Gasteiger partial charge in [0.05, 0.1) is 6.61 Å². The van der Waals surface area contributed by atoms with Gasteiger partial charge in [-0.25, -0.2) is 9.97 Å². The van der Waals surface area contributed by atoms with Gasteiger partial charge in [0.2, 0.25) is 0 Å². The third-order valence-corrected chi connectivity index (χ3v) is 5.09. The van der Waals surface area contributed by atoms with Gasteiger partial charge in [0.1, 0.15) is 11.6 Å². The highest BCUT2D eigenvalue weighted by molar-refractivity contribution is 5.50. The third-order valence-electron chi connectivity index (χ3n) is 5.09. The van der Waals surface area contributed by atoms with Gasteiger partial charge in [0.15, 0.2) is 0 Å². The number of anilines is 1. The summed E-state index contributed by atoms with van der Waals surface area (Å²) in [6.07, 6.45) is 5.76. The second kappa shape index (κ2) is 6.92. The quantitative estimate of drug-likeness (QED) is 0.915. The molecule has 0 spiro atoms. The van der Waals surface area contributed by atoms with E-state index in [1.54, 1.807) is 0 Å². The lowest BCUT2D eigenvalue weighted by molar-refractivity contribution is 0.114. The van der Waals surface area contributed by atoms with Crippen molar-refractivity contribution in [1.29, 1.82) is 0 Å². The lowest BCUT2D eigenvalue weighted by Crippen LogP contribution is -2.51. The minimum Gasteiger partial charge on any atom is -0.395 e. The van der Waals surface area contributed by atoms with Crippen molar-refractivity contribution in [3.63, 3.8) is 0 Å². The number of fused-ring (bicyclic) bond motifs is 1. The van der Waals surface area contributed by atoms with Crippen LogP contribution in [0, 0.1) is 6.92 Å². The van der Waals surface area contributed by atoms with Gasteiger partial charge >= 0.3 is 0 Å². The molecular formula is C17H28N4O. The summed E-state index contributed by atoms with van der Waals surface area (Å²) in [4.78, 5) is 14.3. The first kappa shape index (κ1) is 15.7. The number of aryl methyl sites for hydroxylation is 2. The minimum atomic E-state index is 0.262. The Bertz CT molecular complexity index is 508. The molecule has 3 rings (SSSR count). The van der Waals surface area contributed by atoms with Crippen molar-refractivity contribution in [1.82, 2.24) is 14.9 Å². The van der Waals surface area contributed by atoms with Crippen LogP contribution in [0.3, 0.4) is 0 Å². The molecule has 1 aromatic rings. The molecule has 0 saturated carbocycles. The second-order valence-electron chi connectivity index (χ2n) is 6.49. The fraction of sp³-hybridized carbons (Fsp3) is 0.765. The summed E-state index contributed by atoms with van der Waals surface area (Å²) in [6, 6.07) is 0.309. The standard InChI is InChI=1S/C17H28N4O/c1-3-14(12-22)20-8-10-21(11-9-20)17-15-6-4-5-7-16(15)18-13(2)19-17/h14,22H,3-12H2,1-2H3. The zero-order chi connectivity index (χ0) is 15.5.